The van der Waals surface area contributed by atoms with Crippen LogP contribution in [0.15, 0.2) is 24.5 Å². The zero-order valence-corrected chi connectivity index (χ0v) is 13.9. The van der Waals surface area contributed by atoms with Gasteiger partial charge in [-0.3, -0.25) is 4.79 Å². The van der Waals surface area contributed by atoms with Crippen molar-refractivity contribution in [2.75, 3.05) is 25.6 Å². The monoisotopic (exact) mass is 314 g/mol. The van der Waals surface area contributed by atoms with Gasteiger partial charge in [0.05, 0.1) is 19.0 Å². The Labute approximate surface area is 136 Å². The Bertz CT molecular complexity index is 660. The van der Waals surface area contributed by atoms with Crippen LogP contribution in [0.1, 0.15) is 27.2 Å². The van der Waals surface area contributed by atoms with Gasteiger partial charge in [-0.25, -0.2) is 9.97 Å². The van der Waals surface area contributed by atoms with E-state index in [1.165, 1.54) is 11.8 Å². The molecule has 0 aliphatic carbocycles. The number of benzene rings is 1. The smallest absolute Gasteiger partial charge is 0.271 e. The first-order valence-corrected chi connectivity index (χ1v) is 7.45. The predicted molar refractivity (Wildman–Crippen MR) is 90.2 cm³/mol. The number of methoxy groups -OCH3 is 1. The number of hydrogen-bond donors (Lipinski definition) is 2. The largest absolute Gasteiger partial charge is 0.383 e. The molecule has 0 aliphatic heterocycles. The number of carbonyl (C=O) groups excluding carboxylic acids is 1. The fourth-order valence-corrected chi connectivity index (χ4v) is 2.37. The first kappa shape index (κ1) is 16.9. The normalized spacial score (nSPS) is 10.4. The molecular weight excluding hydrogens is 292 g/mol. The Balaban J connectivity index is 2.07. The maximum Gasteiger partial charge on any atom is 0.271 e. The fourth-order valence-electron chi connectivity index (χ4n) is 2.37. The van der Waals surface area contributed by atoms with Crippen molar-refractivity contribution in [1.29, 1.82) is 0 Å². The van der Waals surface area contributed by atoms with Crippen molar-refractivity contribution in [2.24, 2.45) is 0 Å². The number of aromatic nitrogens is 2. The molecular formula is C17H22N4O2. The Hall–Kier alpha value is -2.47. The van der Waals surface area contributed by atoms with Gasteiger partial charge >= 0.3 is 0 Å². The molecule has 0 unspecified atom stereocenters. The first-order valence-electron chi connectivity index (χ1n) is 7.45. The van der Waals surface area contributed by atoms with Crippen molar-refractivity contribution in [3.63, 3.8) is 0 Å². The Morgan fingerprint density at radius 1 is 1.13 bits per heavy atom. The van der Waals surface area contributed by atoms with E-state index in [1.807, 2.05) is 13.8 Å². The molecule has 23 heavy (non-hydrogen) atoms. The van der Waals surface area contributed by atoms with E-state index in [0.717, 1.165) is 16.8 Å². The molecule has 1 amide bonds. The zero-order valence-electron chi connectivity index (χ0n) is 13.9. The molecule has 0 spiro atoms. The number of nitrogens with zero attached hydrogens (tertiary/aromatic N) is 2. The van der Waals surface area contributed by atoms with Crippen molar-refractivity contribution in [3.8, 4) is 0 Å². The summed E-state index contributed by atoms with van der Waals surface area (Å²) in [6.07, 6.45) is 3.02. The minimum Gasteiger partial charge on any atom is -0.383 e. The van der Waals surface area contributed by atoms with Crippen LogP contribution in [0.2, 0.25) is 0 Å². The van der Waals surface area contributed by atoms with Gasteiger partial charge in [-0.1, -0.05) is 17.7 Å². The Morgan fingerprint density at radius 3 is 2.39 bits per heavy atom. The molecule has 6 heteroatoms. The third-order valence-corrected chi connectivity index (χ3v) is 3.41. The number of anilines is 2. The second-order valence-electron chi connectivity index (χ2n) is 5.43. The van der Waals surface area contributed by atoms with Gasteiger partial charge in [0.15, 0.2) is 0 Å². The summed E-state index contributed by atoms with van der Waals surface area (Å²) < 4.78 is 4.88. The van der Waals surface area contributed by atoms with E-state index < -0.39 is 0 Å². The topological polar surface area (TPSA) is 76.1 Å². The summed E-state index contributed by atoms with van der Waals surface area (Å²) in [6.45, 7) is 7.07. The van der Waals surface area contributed by atoms with Crippen molar-refractivity contribution < 1.29 is 9.53 Å². The SMILES string of the molecule is COCCNC(=O)c1cnc(Nc2c(C)cc(C)cc2C)cn1. The van der Waals surface area contributed by atoms with Crippen molar-refractivity contribution in [2.45, 2.75) is 20.8 Å². The van der Waals surface area contributed by atoms with Crippen molar-refractivity contribution in [3.05, 3.63) is 46.9 Å². The van der Waals surface area contributed by atoms with E-state index >= 15 is 0 Å². The quantitative estimate of drug-likeness (QED) is 0.801. The molecule has 0 saturated heterocycles. The van der Waals surface area contributed by atoms with Crippen LogP contribution in [0.3, 0.4) is 0 Å². The molecule has 1 heterocycles. The summed E-state index contributed by atoms with van der Waals surface area (Å²) in [5.41, 5.74) is 4.81. The van der Waals surface area contributed by atoms with E-state index in [-0.39, 0.29) is 11.6 Å². The van der Waals surface area contributed by atoms with Gasteiger partial charge in [0, 0.05) is 19.3 Å². The number of ether oxygens (including phenoxy) is 1. The lowest BCUT2D eigenvalue weighted by atomic mass is 10.1. The number of carbonyl (C=O) groups is 1. The maximum absolute atomic E-state index is 11.8. The number of amides is 1. The lowest BCUT2D eigenvalue weighted by Gasteiger charge is -2.13. The highest BCUT2D eigenvalue weighted by molar-refractivity contribution is 5.92. The molecule has 0 aliphatic rings. The number of nitrogens with one attached hydrogen (secondary N) is 2. The Morgan fingerprint density at radius 2 is 1.83 bits per heavy atom. The molecule has 0 atom stereocenters. The molecule has 0 fully saturated rings. The standard InChI is InChI=1S/C17H22N4O2/c1-11-7-12(2)16(13(3)8-11)21-15-10-19-14(9-20-15)17(22)18-5-6-23-4/h7-10H,5-6H2,1-4H3,(H,18,22)(H,20,21). The summed E-state index contributed by atoms with van der Waals surface area (Å²) >= 11 is 0. The number of hydrogen-bond acceptors (Lipinski definition) is 5. The van der Waals surface area contributed by atoms with Crippen molar-refractivity contribution >= 4 is 17.4 Å². The van der Waals surface area contributed by atoms with E-state index in [2.05, 4.69) is 39.7 Å². The van der Waals surface area contributed by atoms with E-state index in [4.69, 9.17) is 4.74 Å². The van der Waals surface area contributed by atoms with E-state index in [1.54, 1.807) is 13.3 Å². The molecule has 2 rings (SSSR count). The molecule has 1 aromatic carbocycles. The molecule has 2 aromatic rings. The predicted octanol–water partition coefficient (Wildman–Crippen LogP) is 2.52. The fraction of sp³-hybridized carbons (Fsp3) is 0.353. The van der Waals surface area contributed by atoms with Crippen LogP contribution < -0.4 is 10.6 Å². The highest BCUT2D eigenvalue weighted by Gasteiger charge is 2.09. The van der Waals surface area contributed by atoms with Crippen LogP contribution >= 0.6 is 0 Å². The summed E-state index contributed by atoms with van der Waals surface area (Å²) in [5.74, 6) is 0.345. The van der Waals surface area contributed by atoms with Gasteiger partial charge in [0.1, 0.15) is 11.5 Å². The van der Waals surface area contributed by atoms with Crippen LogP contribution in [0.5, 0.6) is 0 Å². The lowest BCUT2D eigenvalue weighted by Crippen LogP contribution is -2.27. The lowest BCUT2D eigenvalue weighted by molar-refractivity contribution is 0.0932. The van der Waals surface area contributed by atoms with Crippen molar-refractivity contribution in [1.82, 2.24) is 15.3 Å². The second kappa shape index (κ2) is 7.69. The number of aryl methyl sites for hydroxylation is 3. The van der Waals surface area contributed by atoms with E-state index in [0.29, 0.717) is 19.0 Å². The molecule has 0 saturated carbocycles. The molecule has 1 aromatic heterocycles. The van der Waals surface area contributed by atoms with Crippen LogP contribution in [0.25, 0.3) is 0 Å². The highest BCUT2D eigenvalue weighted by atomic mass is 16.5. The summed E-state index contributed by atoms with van der Waals surface area (Å²) in [6, 6.07) is 4.22. The van der Waals surface area contributed by atoms with Crippen LogP contribution in [0.4, 0.5) is 11.5 Å². The van der Waals surface area contributed by atoms with E-state index in [9.17, 15) is 4.79 Å². The van der Waals surface area contributed by atoms with Gasteiger partial charge in [-0.2, -0.15) is 0 Å². The van der Waals surface area contributed by atoms with Gasteiger partial charge in [-0.05, 0) is 31.9 Å². The molecule has 122 valence electrons. The summed E-state index contributed by atoms with van der Waals surface area (Å²) in [7, 11) is 1.58. The maximum atomic E-state index is 11.8. The van der Waals surface area contributed by atoms with Gasteiger partial charge < -0.3 is 15.4 Å². The average molecular weight is 314 g/mol. The minimum atomic E-state index is -0.260. The van der Waals surface area contributed by atoms with Crippen LogP contribution in [-0.2, 0) is 4.74 Å². The van der Waals surface area contributed by atoms with Gasteiger partial charge in [0.25, 0.3) is 5.91 Å². The summed E-state index contributed by atoms with van der Waals surface area (Å²) in [4.78, 5) is 20.3. The van der Waals surface area contributed by atoms with Gasteiger partial charge in [0.2, 0.25) is 0 Å². The summed E-state index contributed by atoms with van der Waals surface area (Å²) in [5, 5.41) is 5.97. The second-order valence-corrected chi connectivity index (χ2v) is 5.43. The number of rotatable bonds is 6. The molecule has 0 radical (unpaired) electrons. The first-order chi connectivity index (χ1) is 11.0. The molecule has 2 N–H and O–H groups in total. The Kier molecular flexibility index (Phi) is 5.65. The van der Waals surface area contributed by atoms with Crippen LogP contribution in [0, 0.1) is 20.8 Å². The molecule has 6 nitrogen and oxygen atoms in total. The van der Waals surface area contributed by atoms with Crippen LogP contribution in [-0.4, -0.2) is 36.1 Å². The van der Waals surface area contributed by atoms with Gasteiger partial charge in [-0.15, -0.1) is 0 Å². The third kappa shape index (κ3) is 4.50. The highest BCUT2D eigenvalue weighted by Crippen LogP contribution is 2.24. The third-order valence-electron chi connectivity index (χ3n) is 3.41. The zero-order chi connectivity index (χ0) is 16.8. The average Bonchev–Trinajstić information content (AvgIpc) is 2.51. The minimum absolute atomic E-state index is 0.260. The molecule has 0 bridgehead atoms.